The molecule has 3 nitrogen and oxygen atoms in total. The number of fused-ring (bicyclic) bond motifs is 8. The molecule has 276 valence electrons. The first-order valence-corrected chi connectivity index (χ1v) is 20.1. The summed E-state index contributed by atoms with van der Waals surface area (Å²) in [7, 11) is 0. The number of anilines is 3. The maximum Gasteiger partial charge on any atom is 0.137 e. The average molecular weight is 754 g/mol. The largest absolute Gasteiger partial charge is 0.456 e. The summed E-state index contributed by atoms with van der Waals surface area (Å²) in [5.41, 5.74) is 13.6. The predicted octanol–water partition coefficient (Wildman–Crippen LogP) is 16.3. The van der Waals surface area contributed by atoms with Gasteiger partial charge >= 0.3 is 0 Å². The zero-order valence-electron chi connectivity index (χ0n) is 32.0. The van der Waals surface area contributed by atoms with Gasteiger partial charge in [0, 0.05) is 44.5 Å². The Hall–Kier alpha value is -7.88. The summed E-state index contributed by atoms with van der Waals surface area (Å²) in [4.78, 5) is 2.35. The summed E-state index contributed by atoms with van der Waals surface area (Å²) in [5.74, 6) is 0. The third-order valence-electron chi connectivity index (χ3n) is 11.8. The Morgan fingerprint density at radius 2 is 0.847 bits per heavy atom. The number of nitrogens with zero attached hydrogens (tertiary/aromatic N) is 1. The maximum absolute atomic E-state index is 6.45. The monoisotopic (exact) mass is 753 g/mol. The third kappa shape index (κ3) is 5.67. The van der Waals surface area contributed by atoms with Crippen molar-refractivity contribution in [2.75, 3.05) is 4.90 Å². The molecule has 0 fully saturated rings. The molecule has 0 aliphatic heterocycles. The minimum absolute atomic E-state index is 0.854. The van der Waals surface area contributed by atoms with Gasteiger partial charge < -0.3 is 13.7 Å². The van der Waals surface area contributed by atoms with E-state index < -0.39 is 0 Å². The van der Waals surface area contributed by atoms with E-state index in [4.69, 9.17) is 8.83 Å². The number of hydrogen-bond acceptors (Lipinski definition) is 3. The van der Waals surface area contributed by atoms with E-state index in [1.165, 1.54) is 38.2 Å². The summed E-state index contributed by atoms with van der Waals surface area (Å²) in [6, 6.07) is 75.9. The number of rotatable bonds is 6. The van der Waals surface area contributed by atoms with Crippen LogP contribution in [0.4, 0.5) is 17.1 Å². The molecule has 59 heavy (non-hydrogen) atoms. The fraction of sp³-hybridized carbons (Fsp3) is 0. The lowest BCUT2D eigenvalue weighted by Gasteiger charge is -2.28. The Morgan fingerprint density at radius 3 is 1.69 bits per heavy atom. The quantitative estimate of drug-likeness (QED) is 0.169. The lowest BCUT2D eigenvalue weighted by atomic mass is 9.97. The number of hydrogen-bond donors (Lipinski definition) is 0. The van der Waals surface area contributed by atoms with Crippen LogP contribution < -0.4 is 4.90 Å². The molecule has 0 saturated carbocycles. The van der Waals surface area contributed by atoms with Crippen LogP contribution >= 0.6 is 0 Å². The normalized spacial score (nSPS) is 11.7. The van der Waals surface area contributed by atoms with E-state index in [1.807, 2.05) is 12.1 Å². The van der Waals surface area contributed by atoms with Gasteiger partial charge in [-0.05, 0) is 122 Å². The van der Waals surface area contributed by atoms with Crippen LogP contribution in [0.1, 0.15) is 0 Å². The van der Waals surface area contributed by atoms with Gasteiger partial charge in [-0.1, -0.05) is 133 Å². The van der Waals surface area contributed by atoms with Crippen LogP contribution in [0.25, 0.3) is 98.8 Å². The van der Waals surface area contributed by atoms with Crippen molar-refractivity contribution in [3.05, 3.63) is 212 Å². The second kappa shape index (κ2) is 13.4. The molecule has 10 aromatic carbocycles. The molecule has 0 saturated heterocycles. The summed E-state index contributed by atoms with van der Waals surface area (Å²) in [6.07, 6.45) is 0. The van der Waals surface area contributed by atoms with E-state index in [-0.39, 0.29) is 0 Å². The van der Waals surface area contributed by atoms with Crippen molar-refractivity contribution in [2.45, 2.75) is 0 Å². The molecule has 0 bridgehead atoms. The Bertz CT molecular complexity index is 3570. The van der Waals surface area contributed by atoms with Crippen LogP contribution in [0.5, 0.6) is 0 Å². The second-order valence-electron chi connectivity index (χ2n) is 15.3. The van der Waals surface area contributed by atoms with E-state index in [9.17, 15) is 0 Å². The van der Waals surface area contributed by atoms with Crippen molar-refractivity contribution in [3.8, 4) is 33.4 Å². The minimum Gasteiger partial charge on any atom is -0.456 e. The van der Waals surface area contributed by atoms with E-state index >= 15 is 0 Å². The SMILES string of the molecule is c1cc(-c2ccc(N(c3ccc4c(c3)oc3ccccc34)c3ccccc3-c3ccc4oc5cc6ccccc6cc5c4c3)cc2)cc(-c2ccc3ccccc3c2)c1. The number of furan rings is 2. The van der Waals surface area contributed by atoms with Gasteiger partial charge in [0.1, 0.15) is 22.3 Å². The molecule has 0 atom stereocenters. The minimum atomic E-state index is 0.854. The Balaban J connectivity index is 0.987. The maximum atomic E-state index is 6.45. The molecule has 2 heterocycles. The highest BCUT2D eigenvalue weighted by molar-refractivity contribution is 6.11. The Morgan fingerprint density at radius 1 is 0.271 bits per heavy atom. The van der Waals surface area contributed by atoms with Crippen LogP contribution in [0.3, 0.4) is 0 Å². The fourth-order valence-electron chi connectivity index (χ4n) is 8.87. The van der Waals surface area contributed by atoms with Gasteiger partial charge in [0.05, 0.1) is 5.69 Å². The topological polar surface area (TPSA) is 29.5 Å². The highest BCUT2D eigenvalue weighted by Gasteiger charge is 2.20. The molecule has 0 amide bonds. The molecule has 2 aromatic heterocycles. The molecular weight excluding hydrogens is 719 g/mol. The van der Waals surface area contributed by atoms with Crippen molar-refractivity contribution < 1.29 is 8.83 Å². The van der Waals surface area contributed by atoms with Crippen LogP contribution in [0.15, 0.2) is 221 Å². The van der Waals surface area contributed by atoms with Gasteiger partial charge in [-0.15, -0.1) is 0 Å². The fourth-order valence-corrected chi connectivity index (χ4v) is 8.87. The van der Waals surface area contributed by atoms with Gasteiger partial charge in [-0.3, -0.25) is 0 Å². The molecule has 0 radical (unpaired) electrons. The molecule has 0 spiro atoms. The number of benzene rings is 10. The first kappa shape index (κ1) is 33.3. The first-order valence-electron chi connectivity index (χ1n) is 20.1. The second-order valence-corrected chi connectivity index (χ2v) is 15.3. The van der Waals surface area contributed by atoms with Crippen molar-refractivity contribution in [1.29, 1.82) is 0 Å². The van der Waals surface area contributed by atoms with E-state index in [1.54, 1.807) is 0 Å². The smallest absolute Gasteiger partial charge is 0.137 e. The number of para-hydroxylation sites is 2. The molecule has 0 N–H and O–H groups in total. The summed E-state index contributed by atoms with van der Waals surface area (Å²) in [6.45, 7) is 0. The third-order valence-corrected chi connectivity index (χ3v) is 11.8. The van der Waals surface area contributed by atoms with Gasteiger partial charge in [0.25, 0.3) is 0 Å². The lowest BCUT2D eigenvalue weighted by molar-refractivity contribution is 0.669. The van der Waals surface area contributed by atoms with Crippen LogP contribution in [0, 0.1) is 0 Å². The van der Waals surface area contributed by atoms with Crippen LogP contribution in [0.2, 0.25) is 0 Å². The summed E-state index contributed by atoms with van der Waals surface area (Å²) in [5, 5.41) is 9.29. The molecule has 12 rings (SSSR count). The Kier molecular flexibility index (Phi) is 7.54. The van der Waals surface area contributed by atoms with Gasteiger partial charge in [-0.25, -0.2) is 0 Å². The molecule has 0 aliphatic carbocycles. The highest BCUT2D eigenvalue weighted by atomic mass is 16.3. The molecule has 12 aromatic rings. The van der Waals surface area contributed by atoms with Crippen molar-refractivity contribution >= 4 is 82.5 Å². The summed E-state index contributed by atoms with van der Waals surface area (Å²) < 4.78 is 12.9. The van der Waals surface area contributed by atoms with Crippen molar-refractivity contribution in [3.63, 3.8) is 0 Å². The van der Waals surface area contributed by atoms with Crippen LogP contribution in [-0.4, -0.2) is 0 Å². The van der Waals surface area contributed by atoms with Crippen molar-refractivity contribution in [2.24, 2.45) is 0 Å². The van der Waals surface area contributed by atoms with Gasteiger partial charge in [0.2, 0.25) is 0 Å². The van der Waals surface area contributed by atoms with E-state index in [2.05, 4.69) is 205 Å². The first-order chi connectivity index (χ1) is 29.2. The van der Waals surface area contributed by atoms with Gasteiger partial charge in [-0.2, -0.15) is 0 Å². The zero-order valence-corrected chi connectivity index (χ0v) is 32.0. The van der Waals surface area contributed by atoms with E-state index in [0.29, 0.717) is 0 Å². The highest BCUT2D eigenvalue weighted by Crippen LogP contribution is 2.44. The standard InChI is InChI=1S/C56H35NO2/c1-2-11-38-31-43(21-20-36(38)10-1)40-15-9-14-39(30-40)37-22-25-45(26-23-37)57(46-27-28-49-48-17-6-8-19-53(48)58-56(49)35-46)52-18-7-5-16-47(52)44-24-29-54-50(33-44)51-32-41-12-3-4-13-42(41)34-55(51)59-54/h1-35H. The summed E-state index contributed by atoms with van der Waals surface area (Å²) >= 11 is 0. The van der Waals surface area contributed by atoms with Gasteiger partial charge in [0.15, 0.2) is 0 Å². The Labute approximate surface area is 340 Å². The van der Waals surface area contributed by atoms with E-state index in [0.717, 1.165) is 77.6 Å². The molecule has 3 heteroatoms. The average Bonchev–Trinajstić information content (AvgIpc) is 3.85. The molecule has 0 aliphatic rings. The van der Waals surface area contributed by atoms with Crippen LogP contribution in [-0.2, 0) is 0 Å². The lowest BCUT2D eigenvalue weighted by Crippen LogP contribution is -2.11. The van der Waals surface area contributed by atoms with Crippen molar-refractivity contribution in [1.82, 2.24) is 0 Å². The zero-order chi connectivity index (χ0) is 38.9. The molecular formula is C56H35NO2. The molecule has 0 unspecified atom stereocenters. The predicted molar refractivity (Wildman–Crippen MR) is 247 cm³/mol.